The quantitative estimate of drug-likeness (QED) is 0.0202. The maximum atomic E-state index is 14.1. The Balaban J connectivity index is 1.13. The van der Waals surface area contributed by atoms with Gasteiger partial charge in [0.1, 0.15) is 39.7 Å². The zero-order valence-electron chi connectivity index (χ0n) is 46.4. The van der Waals surface area contributed by atoms with Crippen LogP contribution in [0.3, 0.4) is 0 Å². The Hall–Kier alpha value is -9.42. The number of rotatable bonds is 28. The first-order valence-corrected chi connectivity index (χ1v) is 26.8. The maximum Gasteiger partial charge on any atom is 0.356 e. The first-order chi connectivity index (χ1) is 39.0. The number of nitrogens with one attached hydrogen (secondary N) is 1. The molecule has 0 saturated carbocycles. The zero-order valence-corrected chi connectivity index (χ0v) is 46.4. The first kappa shape index (κ1) is 57.7. The van der Waals surface area contributed by atoms with Crippen molar-refractivity contribution in [2.24, 2.45) is 11.5 Å². The van der Waals surface area contributed by atoms with Crippen molar-refractivity contribution in [3.63, 3.8) is 0 Å². The summed E-state index contributed by atoms with van der Waals surface area (Å²) < 4.78 is 37.3. The van der Waals surface area contributed by atoms with Crippen LogP contribution in [0.4, 0.5) is 5.95 Å². The molecule has 426 valence electrons. The third-order valence-electron chi connectivity index (χ3n) is 12.9. The van der Waals surface area contributed by atoms with E-state index in [0.29, 0.717) is 105 Å². The summed E-state index contributed by atoms with van der Waals surface area (Å²) in [5, 5.41) is 17.5. The lowest BCUT2D eigenvalue weighted by Gasteiger charge is -2.14. The van der Waals surface area contributed by atoms with Crippen LogP contribution in [0.25, 0.3) is 44.5 Å². The van der Waals surface area contributed by atoms with Gasteiger partial charge < -0.3 is 44.3 Å². The van der Waals surface area contributed by atoms with Crippen molar-refractivity contribution >= 4 is 74.5 Å². The van der Waals surface area contributed by atoms with E-state index >= 15 is 0 Å². The van der Waals surface area contributed by atoms with Crippen molar-refractivity contribution in [2.45, 2.75) is 113 Å². The number of nitrogens with zero attached hydrogens (tertiary/aromatic N) is 11. The number of nitrogens with two attached hydrogens (primary N) is 2. The average molecular weight is 1110 g/mol. The van der Waals surface area contributed by atoms with Crippen LogP contribution in [0.15, 0.2) is 60.8 Å². The second kappa shape index (κ2) is 26.0. The highest BCUT2D eigenvalue weighted by atomic mass is 16.5. The molecule has 0 aliphatic heterocycles. The number of aromatic nitrogens is 11. The lowest BCUT2D eigenvalue weighted by molar-refractivity contribution is -0.145. The summed E-state index contributed by atoms with van der Waals surface area (Å²) in [5.41, 5.74) is 17.3. The monoisotopic (exact) mass is 1110 g/mol. The Morgan fingerprint density at radius 3 is 1.80 bits per heavy atom. The fourth-order valence-electron chi connectivity index (χ4n) is 9.28. The summed E-state index contributed by atoms with van der Waals surface area (Å²) in [6.07, 6.45) is 6.45. The number of hydrogen-bond donors (Lipinski definition) is 3. The van der Waals surface area contributed by atoms with Crippen LogP contribution in [-0.2, 0) is 56.5 Å². The number of esters is 3. The van der Waals surface area contributed by atoms with Crippen LogP contribution in [-0.4, -0.2) is 122 Å². The molecular formula is C56H66N14O11. The van der Waals surface area contributed by atoms with Crippen molar-refractivity contribution in [1.29, 1.82) is 0 Å². The van der Waals surface area contributed by atoms with Crippen molar-refractivity contribution in [2.75, 3.05) is 38.4 Å². The number of benzene rings is 2. The number of primary amides is 2. The normalized spacial score (nSPS) is 11.5. The molecule has 0 bridgehead atoms. The minimum atomic E-state index is -0.734. The Morgan fingerprint density at radius 1 is 0.593 bits per heavy atom. The molecule has 0 aliphatic carbocycles. The van der Waals surface area contributed by atoms with E-state index in [-0.39, 0.29) is 94.2 Å². The number of anilines is 1. The SMILES string of the molecule is CCOC(=O)CCCC(=O)OCCCOc1cc(C(N)=O)cc2c3cnc(-c4cc(C)nn4CC)nc3n(C/C=C/Cn3c(NC(=O)c4cc(C)nn4CC)nc4cc(C(N)=O)cc(OCCCOC(=O)c5cc(C)nn5CC)c43)c12. The van der Waals surface area contributed by atoms with E-state index in [1.54, 1.807) is 65.2 Å². The number of carbonyl (C=O) groups is 6. The van der Waals surface area contributed by atoms with Gasteiger partial charge in [-0.3, -0.25) is 43.3 Å². The highest BCUT2D eigenvalue weighted by molar-refractivity contribution is 6.12. The third-order valence-corrected chi connectivity index (χ3v) is 12.9. The lowest BCUT2D eigenvalue weighted by atomic mass is 10.1. The van der Waals surface area contributed by atoms with Gasteiger partial charge in [-0.25, -0.2) is 19.7 Å². The zero-order chi connectivity index (χ0) is 57.9. The second-order valence-corrected chi connectivity index (χ2v) is 18.8. The predicted molar refractivity (Wildman–Crippen MR) is 298 cm³/mol. The Bertz CT molecular complexity index is 3690. The van der Waals surface area contributed by atoms with Crippen LogP contribution in [0, 0.1) is 20.8 Å². The largest absolute Gasteiger partial charge is 0.491 e. The number of hydrogen-bond acceptors (Lipinski definition) is 17. The summed E-state index contributed by atoms with van der Waals surface area (Å²) >= 11 is 0. The van der Waals surface area contributed by atoms with E-state index in [0.717, 1.165) is 5.69 Å². The van der Waals surface area contributed by atoms with Gasteiger partial charge in [0.05, 0.1) is 61.1 Å². The molecule has 8 aromatic rings. The molecule has 0 radical (unpaired) electrons. The molecule has 0 aliphatic rings. The van der Waals surface area contributed by atoms with Gasteiger partial charge in [0.25, 0.3) is 5.91 Å². The molecule has 6 aromatic heterocycles. The minimum absolute atomic E-state index is 0.0171. The summed E-state index contributed by atoms with van der Waals surface area (Å²) in [5.74, 6) is -2.20. The molecule has 5 N–H and O–H groups in total. The van der Waals surface area contributed by atoms with E-state index < -0.39 is 29.7 Å². The Morgan fingerprint density at radius 2 is 1.16 bits per heavy atom. The Kier molecular flexibility index (Phi) is 18.6. The number of imidazole rings is 1. The highest BCUT2D eigenvalue weighted by Gasteiger charge is 2.24. The van der Waals surface area contributed by atoms with E-state index in [4.69, 9.17) is 50.1 Å². The van der Waals surface area contributed by atoms with Gasteiger partial charge in [-0.2, -0.15) is 15.3 Å². The van der Waals surface area contributed by atoms with Gasteiger partial charge in [-0.15, -0.1) is 0 Å². The average Bonchev–Trinajstić information content (AvgIpc) is 4.31. The second-order valence-electron chi connectivity index (χ2n) is 18.8. The number of fused-ring (bicyclic) bond motifs is 4. The van der Waals surface area contributed by atoms with Gasteiger partial charge in [-0.05, 0) is 97.4 Å². The molecule has 25 heteroatoms. The molecule has 3 amide bonds. The number of ether oxygens (including phenoxy) is 5. The molecule has 0 atom stereocenters. The van der Waals surface area contributed by atoms with E-state index in [9.17, 15) is 28.8 Å². The fourth-order valence-corrected chi connectivity index (χ4v) is 9.28. The smallest absolute Gasteiger partial charge is 0.356 e. The number of allylic oxidation sites excluding steroid dienone is 2. The molecule has 25 nitrogen and oxygen atoms in total. The van der Waals surface area contributed by atoms with Gasteiger partial charge in [0.2, 0.25) is 17.8 Å². The first-order valence-electron chi connectivity index (χ1n) is 26.8. The summed E-state index contributed by atoms with van der Waals surface area (Å²) in [6.45, 7) is 15.1. The standard InChI is InChI=1S/C56H66N14O11/c1-8-68-41(25-33(5)63-68)52-59-32-39-38-28-36(50(57)73)30-44(78-21-15-23-80-47(72)18-14-17-46(71)77-11-4)48(38)66(53(39)61-52)19-12-13-20-67-49-40(60-56(67)62-54(75)42-26-34(6)64-69(42)9-2)29-37(51(58)74)31-45(49)79-22-16-24-81-55(76)43-27-35(7)65-70(43)10-3/h12-13,25-32H,8-11,14-24H2,1-7H3,(H2,57,73)(H2,58,74)(H,60,62,75)/b13-12+. The number of carbonyl (C=O) groups excluding carboxylic acids is 6. The highest BCUT2D eigenvalue weighted by Crippen LogP contribution is 2.37. The van der Waals surface area contributed by atoms with Gasteiger partial charge in [0.15, 0.2) is 5.82 Å². The van der Waals surface area contributed by atoms with Crippen LogP contribution < -0.4 is 26.3 Å². The molecule has 6 heterocycles. The summed E-state index contributed by atoms with van der Waals surface area (Å²) in [7, 11) is 0. The van der Waals surface area contributed by atoms with Crippen LogP contribution in [0.5, 0.6) is 11.5 Å². The van der Waals surface area contributed by atoms with Crippen LogP contribution >= 0.6 is 0 Å². The van der Waals surface area contributed by atoms with Gasteiger partial charge in [-0.1, -0.05) is 12.2 Å². The maximum absolute atomic E-state index is 14.1. The van der Waals surface area contributed by atoms with Gasteiger partial charge >= 0.3 is 17.9 Å². The molecule has 81 heavy (non-hydrogen) atoms. The molecule has 0 unspecified atom stereocenters. The van der Waals surface area contributed by atoms with Gasteiger partial charge in [0, 0.05) is 86.5 Å². The molecule has 2 aromatic carbocycles. The molecule has 0 fully saturated rings. The molecule has 0 saturated heterocycles. The molecular weight excluding hydrogens is 1040 g/mol. The topological polar surface area (TPSA) is 315 Å². The van der Waals surface area contributed by atoms with Crippen molar-refractivity contribution in [3.05, 3.63) is 100 Å². The summed E-state index contributed by atoms with van der Waals surface area (Å²) in [6, 6.07) is 11.5. The van der Waals surface area contributed by atoms with E-state index in [1.807, 2.05) is 55.2 Å². The predicted octanol–water partition coefficient (Wildman–Crippen LogP) is 6.55. The van der Waals surface area contributed by atoms with Crippen LogP contribution in [0.1, 0.15) is 119 Å². The number of aryl methyl sites for hydroxylation is 6. The van der Waals surface area contributed by atoms with E-state index in [2.05, 4.69) is 20.6 Å². The van der Waals surface area contributed by atoms with Crippen molar-refractivity contribution in [3.8, 4) is 23.0 Å². The minimum Gasteiger partial charge on any atom is -0.491 e. The fraction of sp³-hybridized carbons (Fsp3) is 0.393. The van der Waals surface area contributed by atoms with E-state index in [1.165, 1.54) is 12.1 Å². The third kappa shape index (κ3) is 13.4. The van der Waals surface area contributed by atoms with Crippen LogP contribution in [0.2, 0.25) is 0 Å². The lowest BCUT2D eigenvalue weighted by Crippen LogP contribution is -2.20. The summed E-state index contributed by atoms with van der Waals surface area (Å²) in [4.78, 5) is 91.6. The molecule has 8 rings (SSSR count). The van der Waals surface area contributed by atoms with Crippen molar-refractivity contribution in [1.82, 2.24) is 53.4 Å². The van der Waals surface area contributed by atoms with Crippen molar-refractivity contribution < 1.29 is 52.5 Å². The number of amides is 3. The molecule has 0 spiro atoms. The Labute approximate surface area is 465 Å².